The van der Waals surface area contributed by atoms with E-state index in [-0.39, 0.29) is 6.10 Å². The Balaban J connectivity index is 1.80. The number of fused-ring (bicyclic) bond motifs is 1. The predicted molar refractivity (Wildman–Crippen MR) is 78.3 cm³/mol. The van der Waals surface area contributed by atoms with E-state index in [9.17, 15) is 5.11 Å². The average Bonchev–Trinajstić information content (AvgIpc) is 2.41. The van der Waals surface area contributed by atoms with Crippen molar-refractivity contribution in [1.29, 1.82) is 0 Å². The van der Waals surface area contributed by atoms with Gasteiger partial charge < -0.3 is 9.84 Å². The number of benzene rings is 2. The summed E-state index contributed by atoms with van der Waals surface area (Å²) in [7, 11) is 0. The molecule has 2 nitrogen and oxygen atoms in total. The van der Waals surface area contributed by atoms with Gasteiger partial charge in [0.25, 0.3) is 0 Å². The second-order valence-corrected chi connectivity index (χ2v) is 5.78. The van der Waals surface area contributed by atoms with E-state index in [4.69, 9.17) is 4.74 Å². The van der Waals surface area contributed by atoms with Crippen molar-refractivity contribution in [3.8, 4) is 5.75 Å². The van der Waals surface area contributed by atoms with Crippen LogP contribution in [0.1, 0.15) is 23.7 Å². The molecule has 0 bridgehead atoms. The molecule has 2 atom stereocenters. The molecule has 0 radical (unpaired) electrons. The number of ether oxygens (including phenoxy) is 1. The van der Waals surface area contributed by atoms with Crippen LogP contribution in [0.15, 0.2) is 53.0 Å². The van der Waals surface area contributed by atoms with Crippen LogP contribution in [0, 0.1) is 0 Å². The first kappa shape index (κ1) is 12.7. The number of hydrogen-bond acceptors (Lipinski definition) is 2. The van der Waals surface area contributed by atoms with Crippen LogP contribution < -0.4 is 4.74 Å². The topological polar surface area (TPSA) is 29.5 Å². The predicted octanol–water partition coefficient (Wildman–Crippen LogP) is 3.88. The second kappa shape index (κ2) is 5.35. The van der Waals surface area contributed by atoms with Gasteiger partial charge in [0, 0.05) is 22.9 Å². The van der Waals surface area contributed by atoms with Crippen LogP contribution in [0.3, 0.4) is 0 Å². The van der Waals surface area contributed by atoms with Gasteiger partial charge in [-0.25, -0.2) is 0 Å². The molecule has 3 heteroatoms. The molecule has 19 heavy (non-hydrogen) atoms. The highest BCUT2D eigenvalue weighted by Crippen LogP contribution is 2.37. The first-order valence-corrected chi connectivity index (χ1v) is 7.20. The van der Waals surface area contributed by atoms with Crippen LogP contribution >= 0.6 is 15.9 Å². The molecule has 1 aliphatic heterocycles. The molecule has 0 amide bonds. The lowest BCUT2D eigenvalue weighted by atomic mass is 9.95. The fourth-order valence-corrected chi connectivity index (χ4v) is 2.87. The Bertz CT molecular complexity index is 568. The lowest BCUT2D eigenvalue weighted by Crippen LogP contribution is -2.27. The first-order chi connectivity index (χ1) is 9.22. The lowest BCUT2D eigenvalue weighted by molar-refractivity contribution is 0.0662. The van der Waals surface area contributed by atoms with Crippen LogP contribution in [-0.4, -0.2) is 11.2 Å². The summed E-state index contributed by atoms with van der Waals surface area (Å²) in [5, 5.41) is 10.2. The van der Waals surface area contributed by atoms with Crippen molar-refractivity contribution in [2.24, 2.45) is 0 Å². The van der Waals surface area contributed by atoms with E-state index in [0.29, 0.717) is 6.42 Å². The third kappa shape index (κ3) is 2.82. The molecule has 98 valence electrons. The van der Waals surface area contributed by atoms with Gasteiger partial charge in [0.15, 0.2) is 0 Å². The van der Waals surface area contributed by atoms with E-state index in [0.717, 1.165) is 22.2 Å². The van der Waals surface area contributed by atoms with Gasteiger partial charge in [-0.2, -0.15) is 0 Å². The van der Waals surface area contributed by atoms with E-state index in [2.05, 4.69) is 28.1 Å². The van der Waals surface area contributed by atoms with Crippen molar-refractivity contribution in [2.75, 3.05) is 0 Å². The minimum atomic E-state index is -0.449. The van der Waals surface area contributed by atoms with Gasteiger partial charge in [0.1, 0.15) is 11.9 Å². The van der Waals surface area contributed by atoms with Gasteiger partial charge in [-0.1, -0.05) is 46.3 Å². The van der Waals surface area contributed by atoms with Gasteiger partial charge in [-0.3, -0.25) is 0 Å². The molecule has 2 aromatic rings. The molecule has 0 aliphatic carbocycles. The zero-order valence-electron chi connectivity index (χ0n) is 10.4. The van der Waals surface area contributed by atoms with Gasteiger partial charge in [0.05, 0.1) is 6.10 Å². The minimum Gasteiger partial charge on any atom is -0.490 e. The molecular weight excluding hydrogens is 304 g/mol. The maximum absolute atomic E-state index is 10.2. The summed E-state index contributed by atoms with van der Waals surface area (Å²) >= 11 is 3.42. The SMILES string of the molecule is OC1CC(Cc2ccccc2)Oc2ccc(Br)cc21. The normalized spacial score (nSPS) is 21.6. The lowest BCUT2D eigenvalue weighted by Gasteiger charge is -2.30. The van der Waals surface area contributed by atoms with Crippen LogP contribution in [0.5, 0.6) is 5.75 Å². The monoisotopic (exact) mass is 318 g/mol. The zero-order valence-corrected chi connectivity index (χ0v) is 12.0. The van der Waals surface area contributed by atoms with Crippen molar-refractivity contribution in [2.45, 2.75) is 25.0 Å². The Morgan fingerprint density at radius 3 is 2.74 bits per heavy atom. The standard InChI is InChI=1S/C16H15BrO2/c17-12-6-7-16-14(9-12)15(18)10-13(19-16)8-11-4-2-1-3-5-11/h1-7,9,13,15,18H,8,10H2. The molecule has 1 aliphatic rings. The molecule has 3 rings (SSSR count). The highest BCUT2D eigenvalue weighted by atomic mass is 79.9. The Morgan fingerprint density at radius 2 is 1.95 bits per heavy atom. The smallest absolute Gasteiger partial charge is 0.125 e. The first-order valence-electron chi connectivity index (χ1n) is 6.40. The van der Waals surface area contributed by atoms with Crippen LogP contribution in [-0.2, 0) is 6.42 Å². The maximum Gasteiger partial charge on any atom is 0.125 e. The summed E-state index contributed by atoms with van der Waals surface area (Å²) in [6.45, 7) is 0. The fraction of sp³-hybridized carbons (Fsp3) is 0.250. The summed E-state index contributed by atoms with van der Waals surface area (Å²) < 4.78 is 6.95. The number of hydrogen-bond donors (Lipinski definition) is 1. The highest BCUT2D eigenvalue weighted by Gasteiger charge is 2.27. The minimum absolute atomic E-state index is 0.0334. The Morgan fingerprint density at radius 1 is 1.16 bits per heavy atom. The molecule has 2 unspecified atom stereocenters. The number of halogens is 1. The van der Waals surface area contributed by atoms with Gasteiger partial charge >= 0.3 is 0 Å². The number of aliphatic hydroxyl groups is 1. The molecule has 0 spiro atoms. The summed E-state index contributed by atoms with van der Waals surface area (Å²) in [5.41, 5.74) is 2.11. The summed E-state index contributed by atoms with van der Waals surface area (Å²) in [4.78, 5) is 0. The van der Waals surface area contributed by atoms with Gasteiger partial charge in [-0.15, -0.1) is 0 Å². The largest absolute Gasteiger partial charge is 0.490 e. The maximum atomic E-state index is 10.2. The third-order valence-electron chi connectivity index (χ3n) is 3.42. The molecule has 0 saturated carbocycles. The molecule has 0 fully saturated rings. The molecule has 1 N–H and O–H groups in total. The van der Waals surface area contributed by atoms with Crippen LogP contribution in [0.2, 0.25) is 0 Å². The van der Waals surface area contributed by atoms with E-state index < -0.39 is 6.10 Å². The summed E-state index contributed by atoms with van der Waals surface area (Å²) in [6, 6.07) is 16.0. The quantitative estimate of drug-likeness (QED) is 0.910. The number of aliphatic hydroxyl groups excluding tert-OH is 1. The van der Waals surface area contributed by atoms with E-state index >= 15 is 0 Å². The molecule has 1 heterocycles. The summed E-state index contributed by atoms with van der Waals surface area (Å²) in [5.74, 6) is 0.794. The number of rotatable bonds is 2. The molecule has 0 saturated heterocycles. The Hall–Kier alpha value is -1.32. The summed E-state index contributed by atoms with van der Waals surface area (Å²) in [6.07, 6.45) is 1.05. The zero-order chi connectivity index (χ0) is 13.2. The van der Waals surface area contributed by atoms with E-state index in [1.807, 2.05) is 36.4 Å². The molecular formula is C16H15BrO2. The van der Waals surface area contributed by atoms with Crippen LogP contribution in [0.4, 0.5) is 0 Å². The highest BCUT2D eigenvalue weighted by molar-refractivity contribution is 9.10. The fourth-order valence-electron chi connectivity index (χ4n) is 2.49. The second-order valence-electron chi connectivity index (χ2n) is 4.86. The van der Waals surface area contributed by atoms with Crippen molar-refractivity contribution in [3.05, 3.63) is 64.1 Å². The van der Waals surface area contributed by atoms with E-state index in [1.54, 1.807) is 0 Å². The van der Waals surface area contributed by atoms with E-state index in [1.165, 1.54) is 5.56 Å². The van der Waals surface area contributed by atoms with Crippen LogP contribution in [0.25, 0.3) is 0 Å². The van der Waals surface area contributed by atoms with Crippen molar-refractivity contribution >= 4 is 15.9 Å². The van der Waals surface area contributed by atoms with Crippen molar-refractivity contribution in [1.82, 2.24) is 0 Å². The van der Waals surface area contributed by atoms with Gasteiger partial charge in [0.2, 0.25) is 0 Å². The molecule has 0 aromatic heterocycles. The third-order valence-corrected chi connectivity index (χ3v) is 3.91. The van der Waals surface area contributed by atoms with Crippen molar-refractivity contribution < 1.29 is 9.84 Å². The Labute approximate surface area is 121 Å². The average molecular weight is 319 g/mol. The van der Waals surface area contributed by atoms with Gasteiger partial charge in [-0.05, 0) is 23.8 Å². The Kier molecular flexibility index (Phi) is 3.58. The molecule has 2 aromatic carbocycles. The van der Waals surface area contributed by atoms with Crippen molar-refractivity contribution in [3.63, 3.8) is 0 Å².